The maximum absolute atomic E-state index is 12.8. The van der Waals surface area contributed by atoms with Gasteiger partial charge in [-0.3, -0.25) is 15.0 Å². The number of aliphatic hydroxyl groups excluding tert-OH is 1. The molecule has 9 nitrogen and oxygen atoms in total. The summed E-state index contributed by atoms with van der Waals surface area (Å²) in [7, 11) is 0. The van der Waals surface area contributed by atoms with Gasteiger partial charge in [-0.2, -0.15) is 0 Å². The van der Waals surface area contributed by atoms with Crippen molar-refractivity contribution in [3.8, 4) is 0 Å². The van der Waals surface area contributed by atoms with Crippen LogP contribution in [-0.4, -0.2) is 48.0 Å². The van der Waals surface area contributed by atoms with Crippen LogP contribution in [0.25, 0.3) is 0 Å². The molecule has 2 aromatic rings. The van der Waals surface area contributed by atoms with E-state index in [1.165, 1.54) is 11.9 Å². The average molecular weight is 487 g/mol. The number of amidine groups is 1. The molecular weight excluding hydrogens is 452 g/mol. The number of unbranched alkanes of at least 4 members (excludes halogenated alkanes) is 1. The minimum Gasteiger partial charge on any atom is -0.394 e. The summed E-state index contributed by atoms with van der Waals surface area (Å²) < 4.78 is 2.98. The fourth-order valence-corrected chi connectivity index (χ4v) is 3.95. The molecule has 2 aromatic carbocycles. The molecule has 2 atom stereocenters. The molecule has 0 aliphatic heterocycles. The van der Waals surface area contributed by atoms with Crippen molar-refractivity contribution in [2.24, 2.45) is 11.5 Å². The van der Waals surface area contributed by atoms with E-state index in [4.69, 9.17) is 16.9 Å². The summed E-state index contributed by atoms with van der Waals surface area (Å²) in [5, 5.41) is 22.8. The molecule has 0 aliphatic rings. The number of hydrogen-bond acceptors (Lipinski definition) is 7. The minimum absolute atomic E-state index is 0.0211. The van der Waals surface area contributed by atoms with Gasteiger partial charge >= 0.3 is 0 Å². The number of nitrogen functional groups attached to an aromatic ring is 1. The normalized spacial score (nSPS) is 12.5. The van der Waals surface area contributed by atoms with Gasteiger partial charge in [0.2, 0.25) is 11.8 Å². The number of carbonyl (C=O) groups excluding carboxylic acids is 2. The van der Waals surface area contributed by atoms with Gasteiger partial charge in [-0.15, -0.1) is 0 Å². The van der Waals surface area contributed by atoms with Gasteiger partial charge in [-0.1, -0.05) is 66.5 Å². The van der Waals surface area contributed by atoms with Gasteiger partial charge in [0, 0.05) is 17.9 Å². The van der Waals surface area contributed by atoms with E-state index in [1.807, 2.05) is 30.3 Å². The number of rotatable bonds is 15. The Morgan fingerprint density at radius 2 is 1.68 bits per heavy atom. The van der Waals surface area contributed by atoms with Gasteiger partial charge in [-0.25, -0.2) is 4.72 Å². The highest BCUT2D eigenvalue weighted by Gasteiger charge is 2.25. The minimum atomic E-state index is -0.849. The highest BCUT2D eigenvalue weighted by atomic mass is 32.2. The fraction of sp³-hybridized carbons (Fsp3) is 0.375. The number of amides is 2. The third-order valence-electron chi connectivity index (χ3n) is 5.12. The van der Waals surface area contributed by atoms with Crippen molar-refractivity contribution in [1.29, 1.82) is 5.41 Å². The third-order valence-corrected chi connectivity index (χ3v) is 6.05. The van der Waals surface area contributed by atoms with Gasteiger partial charge in [0.1, 0.15) is 17.9 Å². The quantitative estimate of drug-likeness (QED) is 0.0853. The lowest BCUT2D eigenvalue weighted by atomic mass is 10.1. The molecule has 0 unspecified atom stereocenters. The number of hydrogen-bond donors (Lipinski definition) is 7. The van der Waals surface area contributed by atoms with Crippen LogP contribution in [0, 0.1) is 5.41 Å². The smallest absolute Gasteiger partial charge is 0.242 e. The van der Waals surface area contributed by atoms with Crippen LogP contribution in [0.4, 0.5) is 0 Å². The van der Waals surface area contributed by atoms with Gasteiger partial charge in [-0.05, 0) is 36.9 Å². The van der Waals surface area contributed by atoms with Crippen LogP contribution < -0.4 is 26.8 Å². The zero-order valence-electron chi connectivity index (χ0n) is 19.1. The number of nitrogens with one attached hydrogen (secondary N) is 4. The van der Waals surface area contributed by atoms with E-state index in [0.29, 0.717) is 30.7 Å². The molecule has 0 saturated carbocycles. The Bertz CT molecular complexity index is 911. The van der Waals surface area contributed by atoms with Crippen LogP contribution in [0.2, 0.25) is 0 Å². The zero-order valence-corrected chi connectivity index (χ0v) is 19.9. The highest BCUT2D eigenvalue weighted by Crippen LogP contribution is 2.10. The number of carbonyl (C=O) groups is 2. The first-order chi connectivity index (χ1) is 16.4. The van der Waals surface area contributed by atoms with Gasteiger partial charge < -0.3 is 27.2 Å². The topological polar surface area (TPSA) is 166 Å². The molecule has 2 amide bonds. The van der Waals surface area contributed by atoms with Crippen molar-refractivity contribution >= 4 is 29.6 Å². The zero-order chi connectivity index (χ0) is 24.8. The summed E-state index contributed by atoms with van der Waals surface area (Å²) >= 11 is 1.32. The molecule has 0 saturated heterocycles. The lowest BCUT2D eigenvalue weighted by molar-refractivity contribution is -0.130. The van der Waals surface area contributed by atoms with E-state index >= 15 is 0 Å². The molecule has 0 fully saturated rings. The summed E-state index contributed by atoms with van der Waals surface area (Å²) in [4.78, 5) is 25.6. The summed E-state index contributed by atoms with van der Waals surface area (Å²) in [6.45, 7) is 0.379. The van der Waals surface area contributed by atoms with Crippen molar-refractivity contribution in [3.05, 3.63) is 71.3 Å². The Kier molecular flexibility index (Phi) is 12.1. The van der Waals surface area contributed by atoms with E-state index in [1.54, 1.807) is 24.3 Å². The Morgan fingerprint density at radius 3 is 2.29 bits per heavy atom. The number of nitrogens with two attached hydrogens (primary N) is 2. The second-order valence-electron chi connectivity index (χ2n) is 7.80. The van der Waals surface area contributed by atoms with Crippen molar-refractivity contribution in [2.45, 2.75) is 43.6 Å². The molecule has 184 valence electrons. The van der Waals surface area contributed by atoms with Crippen LogP contribution in [0.3, 0.4) is 0 Å². The summed E-state index contributed by atoms with van der Waals surface area (Å²) in [5.41, 5.74) is 13.6. The second-order valence-corrected chi connectivity index (χ2v) is 8.61. The summed E-state index contributed by atoms with van der Waals surface area (Å²) in [6.07, 6.45) is 1.86. The van der Waals surface area contributed by atoms with Crippen LogP contribution in [0.1, 0.15) is 36.0 Å². The molecule has 0 bridgehead atoms. The summed E-state index contributed by atoms with van der Waals surface area (Å²) in [5.74, 6) is -0.142. The predicted molar refractivity (Wildman–Crippen MR) is 136 cm³/mol. The molecule has 9 N–H and O–H groups in total. The number of aliphatic hydroxyl groups is 1. The van der Waals surface area contributed by atoms with Gasteiger partial charge in [0.15, 0.2) is 0 Å². The fourth-order valence-electron chi connectivity index (χ4n) is 3.12. The number of benzene rings is 2. The molecule has 34 heavy (non-hydrogen) atoms. The van der Waals surface area contributed by atoms with Crippen LogP contribution in [0.15, 0.2) is 54.6 Å². The van der Waals surface area contributed by atoms with Crippen LogP contribution in [0.5, 0.6) is 0 Å². The van der Waals surface area contributed by atoms with E-state index in [0.717, 1.165) is 17.5 Å². The largest absolute Gasteiger partial charge is 0.394 e. The lowest BCUT2D eigenvalue weighted by Crippen LogP contribution is -2.52. The molecule has 0 radical (unpaired) electrons. The molecule has 0 aliphatic carbocycles. The maximum Gasteiger partial charge on any atom is 0.242 e. The van der Waals surface area contributed by atoms with Crippen LogP contribution >= 0.6 is 11.9 Å². The second kappa shape index (κ2) is 15.1. The van der Waals surface area contributed by atoms with Crippen molar-refractivity contribution < 1.29 is 14.7 Å². The monoisotopic (exact) mass is 486 g/mol. The highest BCUT2D eigenvalue weighted by molar-refractivity contribution is 7.96. The molecular formula is C24H34N6O3S. The first kappa shape index (κ1) is 27.3. The molecule has 0 spiro atoms. The van der Waals surface area contributed by atoms with Crippen LogP contribution in [-0.2, 0) is 21.9 Å². The lowest BCUT2D eigenvalue weighted by Gasteiger charge is -2.22. The van der Waals surface area contributed by atoms with Gasteiger partial charge in [0.05, 0.1) is 6.61 Å². The first-order valence-corrected chi connectivity index (χ1v) is 12.2. The molecule has 0 heterocycles. The van der Waals surface area contributed by atoms with Gasteiger partial charge in [0.25, 0.3) is 0 Å². The standard InChI is InChI=1S/C24H34N6O3S/c25-13-5-4-8-20(23(32)28-14-17-9-11-19(12-10-17)22(26)27)29-24(33)21(15-31)30-34-16-18-6-2-1-3-7-18/h1-3,6-7,9-12,20-21,30-31H,4-5,8,13-16,25H2,(H3,26,27)(H,28,32)(H,29,33)/t20-,21+/m0/s1. The van der Waals surface area contributed by atoms with Crippen molar-refractivity contribution in [2.75, 3.05) is 13.2 Å². The van der Waals surface area contributed by atoms with E-state index < -0.39 is 24.6 Å². The van der Waals surface area contributed by atoms with Crippen molar-refractivity contribution in [1.82, 2.24) is 15.4 Å². The molecule has 2 rings (SSSR count). The predicted octanol–water partition coefficient (Wildman–Crippen LogP) is 1.000. The van der Waals surface area contributed by atoms with E-state index in [9.17, 15) is 14.7 Å². The Balaban J connectivity index is 1.91. The Labute approximate surface area is 204 Å². The molecule has 0 aromatic heterocycles. The van der Waals surface area contributed by atoms with E-state index in [2.05, 4.69) is 15.4 Å². The average Bonchev–Trinajstić information content (AvgIpc) is 2.85. The molecule has 10 heteroatoms. The maximum atomic E-state index is 12.8. The summed E-state index contributed by atoms with van der Waals surface area (Å²) in [6, 6.07) is 15.2. The third kappa shape index (κ3) is 9.52. The first-order valence-electron chi connectivity index (χ1n) is 11.2. The SMILES string of the molecule is N=C(N)c1ccc(CNC(=O)[C@H](CCCCN)NC(=O)[C@@H](CO)NSCc2ccccc2)cc1. The van der Waals surface area contributed by atoms with Crippen molar-refractivity contribution in [3.63, 3.8) is 0 Å². The Hall–Kier alpha value is -2.92. The van der Waals surface area contributed by atoms with E-state index in [-0.39, 0.29) is 18.3 Å². The Morgan fingerprint density at radius 1 is 0.971 bits per heavy atom.